The summed E-state index contributed by atoms with van der Waals surface area (Å²) in [5.41, 5.74) is 1.91. The van der Waals surface area contributed by atoms with Crippen LogP contribution in [0.3, 0.4) is 0 Å². The van der Waals surface area contributed by atoms with E-state index in [1.54, 1.807) is 37.5 Å². The van der Waals surface area contributed by atoms with Crippen LogP contribution in [0.25, 0.3) is 17.3 Å². The van der Waals surface area contributed by atoms with Gasteiger partial charge in [-0.25, -0.2) is 9.97 Å². The summed E-state index contributed by atoms with van der Waals surface area (Å²) in [6.45, 7) is 1.89. The Labute approximate surface area is 195 Å². The molecule has 1 amide bonds. The van der Waals surface area contributed by atoms with E-state index in [0.717, 1.165) is 29.8 Å². The van der Waals surface area contributed by atoms with E-state index in [4.69, 9.17) is 14.0 Å². The Kier molecular flexibility index (Phi) is 5.70. The van der Waals surface area contributed by atoms with E-state index in [0.29, 0.717) is 29.1 Å². The molecule has 1 aromatic carbocycles. The number of rotatable bonds is 8. The Morgan fingerprint density at radius 2 is 1.97 bits per heavy atom. The third-order valence-corrected chi connectivity index (χ3v) is 5.71. The second kappa shape index (κ2) is 8.97. The number of aromatic nitrogens is 5. The van der Waals surface area contributed by atoms with E-state index >= 15 is 0 Å². The molecular weight excluding hydrogens is 436 g/mol. The van der Waals surface area contributed by atoms with Gasteiger partial charge in [0.15, 0.2) is 17.3 Å². The second-order valence-corrected chi connectivity index (χ2v) is 8.11. The van der Waals surface area contributed by atoms with E-state index in [9.17, 15) is 4.79 Å². The number of methoxy groups -OCH3 is 2. The first-order valence-electron chi connectivity index (χ1n) is 10.9. The van der Waals surface area contributed by atoms with Gasteiger partial charge < -0.3 is 19.3 Å². The first kappa shape index (κ1) is 21.6. The number of hydrogen-bond acceptors (Lipinski definition) is 8. The summed E-state index contributed by atoms with van der Waals surface area (Å²) in [5, 5.41) is 6.99. The van der Waals surface area contributed by atoms with Gasteiger partial charge in [-0.3, -0.25) is 9.36 Å². The molecule has 1 aliphatic rings. The Morgan fingerprint density at radius 1 is 1.15 bits per heavy atom. The summed E-state index contributed by atoms with van der Waals surface area (Å²) in [6, 6.07) is 8.93. The molecule has 1 fully saturated rings. The van der Waals surface area contributed by atoms with Crippen LogP contribution in [-0.4, -0.2) is 44.8 Å². The van der Waals surface area contributed by atoms with E-state index in [-0.39, 0.29) is 17.6 Å². The van der Waals surface area contributed by atoms with Crippen molar-refractivity contribution in [2.45, 2.75) is 31.7 Å². The minimum Gasteiger partial charge on any atom is -0.493 e. The Bertz CT molecular complexity index is 1310. The highest BCUT2D eigenvalue weighted by Crippen LogP contribution is 2.38. The molecule has 0 radical (unpaired) electrons. The van der Waals surface area contributed by atoms with Crippen LogP contribution in [-0.2, 0) is 0 Å². The van der Waals surface area contributed by atoms with Gasteiger partial charge in [0.2, 0.25) is 0 Å². The standard InChI is InChI=1S/C24H24N6O4/c1-14(16-6-8-19(32-2)20(10-16)33-3)27-23(31)18-12-30(13-26-18)21-9-7-17(11-25-21)24-28-22(29-34-24)15-4-5-15/h6-15H,4-5H2,1-3H3,(H,27,31). The van der Waals surface area contributed by atoms with Crippen molar-refractivity contribution in [1.29, 1.82) is 0 Å². The van der Waals surface area contributed by atoms with Crippen molar-refractivity contribution >= 4 is 5.91 Å². The molecular formula is C24H24N6O4. The zero-order valence-electron chi connectivity index (χ0n) is 19.1. The Morgan fingerprint density at radius 3 is 2.68 bits per heavy atom. The largest absolute Gasteiger partial charge is 0.493 e. The molecule has 1 unspecified atom stereocenters. The zero-order valence-corrected chi connectivity index (χ0v) is 19.1. The van der Waals surface area contributed by atoms with Gasteiger partial charge in [0.1, 0.15) is 17.8 Å². The van der Waals surface area contributed by atoms with E-state index in [1.165, 1.54) is 0 Å². The van der Waals surface area contributed by atoms with Crippen molar-refractivity contribution in [3.8, 4) is 28.8 Å². The SMILES string of the molecule is COc1ccc(C(C)NC(=O)c2cn(-c3ccc(-c4nc(C5CC5)no4)cn3)cn2)cc1OC. The first-order chi connectivity index (χ1) is 16.6. The maximum Gasteiger partial charge on any atom is 0.271 e. The molecule has 10 nitrogen and oxygen atoms in total. The second-order valence-electron chi connectivity index (χ2n) is 8.11. The van der Waals surface area contributed by atoms with Gasteiger partial charge in [-0.2, -0.15) is 4.98 Å². The van der Waals surface area contributed by atoms with Gasteiger partial charge >= 0.3 is 0 Å². The highest BCUT2D eigenvalue weighted by Gasteiger charge is 2.29. The molecule has 0 aliphatic heterocycles. The number of pyridine rings is 1. The lowest BCUT2D eigenvalue weighted by Crippen LogP contribution is -2.27. The fourth-order valence-electron chi connectivity index (χ4n) is 3.57. The normalized spacial score (nSPS) is 14.0. The molecule has 0 spiro atoms. The van der Waals surface area contributed by atoms with Crippen LogP contribution < -0.4 is 14.8 Å². The lowest BCUT2D eigenvalue weighted by Gasteiger charge is -2.16. The number of ether oxygens (including phenoxy) is 2. The summed E-state index contributed by atoms with van der Waals surface area (Å²) >= 11 is 0. The van der Waals surface area contributed by atoms with E-state index in [2.05, 4.69) is 25.4 Å². The zero-order chi connectivity index (χ0) is 23.7. The molecule has 0 saturated heterocycles. The monoisotopic (exact) mass is 460 g/mol. The number of hydrogen-bond donors (Lipinski definition) is 1. The quantitative estimate of drug-likeness (QED) is 0.423. The number of benzene rings is 1. The third kappa shape index (κ3) is 4.34. The van der Waals surface area contributed by atoms with Gasteiger partial charge in [-0.1, -0.05) is 11.2 Å². The molecule has 174 valence electrons. The Hall–Kier alpha value is -4.21. The number of carbonyl (C=O) groups excluding carboxylic acids is 1. The number of carbonyl (C=O) groups is 1. The molecule has 5 rings (SSSR count). The molecule has 10 heteroatoms. The van der Waals surface area contributed by atoms with Crippen molar-refractivity contribution in [3.63, 3.8) is 0 Å². The first-order valence-corrected chi connectivity index (χ1v) is 10.9. The molecule has 1 aliphatic carbocycles. The number of nitrogens with zero attached hydrogens (tertiary/aromatic N) is 5. The molecule has 1 N–H and O–H groups in total. The summed E-state index contributed by atoms with van der Waals surface area (Å²) in [5.74, 6) is 3.19. The minimum absolute atomic E-state index is 0.259. The van der Waals surface area contributed by atoms with Crippen LogP contribution >= 0.6 is 0 Å². The average molecular weight is 460 g/mol. The third-order valence-electron chi connectivity index (χ3n) is 5.71. The number of nitrogens with one attached hydrogen (secondary N) is 1. The van der Waals surface area contributed by atoms with Crippen LogP contribution in [0.15, 0.2) is 53.6 Å². The van der Waals surface area contributed by atoms with E-state index < -0.39 is 0 Å². The highest BCUT2D eigenvalue weighted by molar-refractivity contribution is 5.92. The summed E-state index contributed by atoms with van der Waals surface area (Å²) < 4.78 is 17.6. The fourth-order valence-corrected chi connectivity index (χ4v) is 3.57. The minimum atomic E-state index is -0.295. The molecule has 1 saturated carbocycles. The summed E-state index contributed by atoms with van der Waals surface area (Å²) in [4.78, 5) is 25.9. The van der Waals surface area contributed by atoms with Crippen LogP contribution in [0, 0.1) is 0 Å². The van der Waals surface area contributed by atoms with Gasteiger partial charge in [0.05, 0.1) is 25.8 Å². The smallest absolute Gasteiger partial charge is 0.271 e. The molecule has 1 atom stereocenters. The number of amides is 1. The lowest BCUT2D eigenvalue weighted by atomic mass is 10.1. The van der Waals surface area contributed by atoms with Crippen LogP contribution in [0.5, 0.6) is 11.5 Å². The average Bonchev–Trinajstić information content (AvgIpc) is 3.39. The van der Waals surface area contributed by atoms with Crippen molar-refractivity contribution < 1.29 is 18.8 Å². The number of imidazole rings is 1. The highest BCUT2D eigenvalue weighted by atomic mass is 16.5. The molecule has 0 bridgehead atoms. The van der Waals surface area contributed by atoms with Crippen LogP contribution in [0.4, 0.5) is 0 Å². The van der Waals surface area contributed by atoms with Crippen LogP contribution in [0.1, 0.15) is 53.6 Å². The predicted molar refractivity (Wildman–Crippen MR) is 122 cm³/mol. The van der Waals surface area contributed by atoms with Crippen LogP contribution in [0.2, 0.25) is 0 Å². The van der Waals surface area contributed by atoms with Crippen molar-refractivity contribution in [3.05, 3.63) is 66.1 Å². The molecule has 4 aromatic rings. The maximum absolute atomic E-state index is 12.8. The van der Waals surface area contributed by atoms with Crippen molar-refractivity contribution in [1.82, 2.24) is 30.0 Å². The maximum atomic E-state index is 12.8. The fraction of sp³-hybridized carbons (Fsp3) is 0.292. The van der Waals surface area contributed by atoms with Gasteiger partial charge in [-0.15, -0.1) is 0 Å². The molecule has 3 heterocycles. The predicted octanol–water partition coefficient (Wildman–Crippen LogP) is 3.70. The lowest BCUT2D eigenvalue weighted by molar-refractivity contribution is 0.0935. The van der Waals surface area contributed by atoms with Crippen molar-refractivity contribution in [2.24, 2.45) is 0 Å². The van der Waals surface area contributed by atoms with Crippen molar-refractivity contribution in [2.75, 3.05) is 14.2 Å². The molecule has 3 aromatic heterocycles. The summed E-state index contributed by atoms with van der Waals surface area (Å²) in [6.07, 6.45) is 7.07. The topological polar surface area (TPSA) is 117 Å². The van der Waals surface area contributed by atoms with E-state index in [1.807, 2.05) is 37.3 Å². The Balaban J connectivity index is 1.26. The van der Waals surface area contributed by atoms with Gasteiger partial charge in [0.25, 0.3) is 11.8 Å². The molecule has 34 heavy (non-hydrogen) atoms. The van der Waals surface area contributed by atoms with Gasteiger partial charge in [-0.05, 0) is 49.6 Å². The van der Waals surface area contributed by atoms with Gasteiger partial charge in [0, 0.05) is 18.3 Å². The summed E-state index contributed by atoms with van der Waals surface area (Å²) in [7, 11) is 3.16.